The zero-order chi connectivity index (χ0) is 22.7. The van der Waals surface area contributed by atoms with E-state index < -0.39 is 18.2 Å². The third kappa shape index (κ3) is 14.8. The number of carbonyl (C=O) groups excluding carboxylic acids is 3. The van der Waals surface area contributed by atoms with Crippen LogP contribution in [0.4, 0.5) is 0 Å². The molecule has 29 heavy (non-hydrogen) atoms. The quantitative estimate of drug-likeness (QED) is 0.150. The first-order valence-corrected chi connectivity index (χ1v) is 9.29. The molecule has 0 rings (SSSR count). The Hall–Kier alpha value is -1.83. The van der Waals surface area contributed by atoms with E-state index in [1.807, 2.05) is 0 Å². The highest BCUT2D eigenvalue weighted by Crippen LogP contribution is 1.99. The fraction of sp³-hybridized carbons (Fsp3) is 0.824. The van der Waals surface area contributed by atoms with Crippen LogP contribution in [0.3, 0.4) is 0 Å². The molecule has 0 radical (unpaired) electrons. The molecular weight excluding hydrogens is 390 g/mol. The summed E-state index contributed by atoms with van der Waals surface area (Å²) in [4.78, 5) is 37.9. The predicted octanol–water partition coefficient (Wildman–Crippen LogP) is -4.18. The number of hydrogen-bond acceptors (Lipinski definition) is 9. The fourth-order valence-corrected chi connectivity index (χ4v) is 2.23. The van der Waals surface area contributed by atoms with Gasteiger partial charge in [0.2, 0.25) is 17.7 Å². The van der Waals surface area contributed by atoms with Crippen LogP contribution < -0.4 is 0 Å². The van der Waals surface area contributed by atoms with Crippen LogP contribution in [0.1, 0.15) is 13.3 Å². The van der Waals surface area contributed by atoms with Gasteiger partial charge >= 0.3 is 0 Å². The first-order valence-electron chi connectivity index (χ1n) is 9.29. The Morgan fingerprint density at radius 3 is 0.966 bits per heavy atom. The molecule has 0 aromatic heterocycles. The van der Waals surface area contributed by atoms with Gasteiger partial charge in [-0.1, -0.05) is 0 Å². The van der Waals surface area contributed by atoms with Gasteiger partial charge in [0, 0.05) is 46.2 Å². The van der Waals surface area contributed by atoms with Crippen molar-refractivity contribution < 1.29 is 45.0 Å². The zero-order valence-corrected chi connectivity index (χ0v) is 16.9. The summed E-state index contributed by atoms with van der Waals surface area (Å²) in [5.41, 5.74) is 0. The maximum Gasteiger partial charge on any atom is 0.232 e. The average molecular weight is 425 g/mol. The molecule has 0 aromatic carbocycles. The fourth-order valence-electron chi connectivity index (χ4n) is 2.23. The minimum Gasteiger partial charge on any atom is -0.395 e. The van der Waals surface area contributed by atoms with Gasteiger partial charge in [-0.05, 0) is 0 Å². The molecule has 0 aromatic rings. The van der Waals surface area contributed by atoms with Gasteiger partial charge in [0.1, 0.15) is 6.42 Å². The minimum absolute atomic E-state index is 0.0483. The van der Waals surface area contributed by atoms with Crippen LogP contribution in [-0.4, -0.2) is 142 Å². The van der Waals surface area contributed by atoms with E-state index in [9.17, 15) is 14.4 Å². The van der Waals surface area contributed by atoms with Gasteiger partial charge in [-0.25, -0.2) is 0 Å². The van der Waals surface area contributed by atoms with Crippen molar-refractivity contribution in [1.29, 1.82) is 0 Å². The van der Waals surface area contributed by atoms with Crippen molar-refractivity contribution >= 4 is 17.7 Å². The molecule has 0 saturated heterocycles. The molecule has 0 saturated carbocycles. The predicted molar refractivity (Wildman–Crippen MR) is 103 cm³/mol. The Morgan fingerprint density at radius 1 is 0.517 bits per heavy atom. The Bertz CT molecular complexity index is 408. The summed E-state index contributed by atoms with van der Waals surface area (Å²) in [5.74, 6) is -1.13. The summed E-state index contributed by atoms with van der Waals surface area (Å²) in [6.45, 7) is 1.08. The van der Waals surface area contributed by atoms with Gasteiger partial charge in [-0.3, -0.25) is 14.4 Å². The zero-order valence-electron chi connectivity index (χ0n) is 16.9. The highest BCUT2D eigenvalue weighted by molar-refractivity contribution is 5.96. The number of carbonyl (C=O) groups is 3. The standard InChI is InChI=1S/C11H22N2O6.C6H13NO3/c14-5-1-12(2-6-15)10(18)9-11(19)13(3-7-16)4-8-17;1-6(10)7(2-4-8)3-5-9/h14-17H,1-9H2;8-9H,2-5H2,1H3. The van der Waals surface area contributed by atoms with Crippen LogP contribution in [0.25, 0.3) is 0 Å². The van der Waals surface area contributed by atoms with Crippen molar-refractivity contribution in [2.75, 3.05) is 78.9 Å². The van der Waals surface area contributed by atoms with Crippen molar-refractivity contribution in [3.8, 4) is 0 Å². The SMILES string of the molecule is CC(=O)N(CCO)CCO.O=C(CC(=O)N(CCO)CCO)N(CCO)CCO. The molecule has 0 aliphatic heterocycles. The van der Waals surface area contributed by atoms with Gasteiger partial charge in [-0.15, -0.1) is 0 Å². The molecule has 172 valence electrons. The largest absolute Gasteiger partial charge is 0.395 e. The summed E-state index contributed by atoms with van der Waals surface area (Å²) < 4.78 is 0. The lowest BCUT2D eigenvalue weighted by atomic mass is 10.3. The van der Waals surface area contributed by atoms with E-state index in [1.165, 1.54) is 21.6 Å². The van der Waals surface area contributed by atoms with Gasteiger partial charge in [0.05, 0.1) is 39.6 Å². The van der Waals surface area contributed by atoms with Gasteiger partial charge in [0.15, 0.2) is 0 Å². The summed E-state index contributed by atoms with van der Waals surface area (Å²) in [6, 6.07) is 0. The van der Waals surface area contributed by atoms with E-state index in [4.69, 9.17) is 30.6 Å². The van der Waals surface area contributed by atoms with Crippen LogP contribution >= 0.6 is 0 Å². The second-order valence-corrected chi connectivity index (χ2v) is 5.79. The first kappa shape index (κ1) is 29.4. The van der Waals surface area contributed by atoms with Crippen molar-refractivity contribution in [3.05, 3.63) is 0 Å². The lowest BCUT2D eigenvalue weighted by Gasteiger charge is -2.24. The van der Waals surface area contributed by atoms with E-state index in [0.29, 0.717) is 13.1 Å². The maximum absolute atomic E-state index is 11.8. The monoisotopic (exact) mass is 425 g/mol. The van der Waals surface area contributed by atoms with Crippen molar-refractivity contribution in [3.63, 3.8) is 0 Å². The van der Waals surface area contributed by atoms with Gasteiger partial charge in [-0.2, -0.15) is 0 Å². The Morgan fingerprint density at radius 2 is 0.759 bits per heavy atom. The Balaban J connectivity index is 0. The summed E-state index contributed by atoms with van der Waals surface area (Å²) in [6.07, 6.45) is -0.417. The van der Waals surface area contributed by atoms with E-state index in [-0.39, 0.29) is 71.7 Å². The molecule has 0 aliphatic carbocycles. The highest BCUT2D eigenvalue weighted by atomic mass is 16.3. The van der Waals surface area contributed by atoms with Crippen LogP contribution in [-0.2, 0) is 14.4 Å². The molecule has 12 nitrogen and oxygen atoms in total. The summed E-state index contributed by atoms with van der Waals surface area (Å²) >= 11 is 0. The smallest absolute Gasteiger partial charge is 0.232 e. The van der Waals surface area contributed by atoms with Crippen LogP contribution in [0.2, 0.25) is 0 Å². The van der Waals surface area contributed by atoms with Gasteiger partial charge in [0.25, 0.3) is 0 Å². The number of rotatable bonds is 14. The van der Waals surface area contributed by atoms with Crippen molar-refractivity contribution in [2.45, 2.75) is 13.3 Å². The van der Waals surface area contributed by atoms with E-state index in [1.54, 1.807) is 0 Å². The second kappa shape index (κ2) is 19.5. The number of amides is 3. The van der Waals surface area contributed by atoms with Crippen molar-refractivity contribution in [1.82, 2.24) is 14.7 Å². The lowest BCUT2D eigenvalue weighted by Crippen LogP contribution is -2.42. The number of aliphatic hydroxyl groups is 6. The van der Waals surface area contributed by atoms with Crippen LogP contribution in [0.5, 0.6) is 0 Å². The molecule has 0 aliphatic rings. The van der Waals surface area contributed by atoms with Crippen LogP contribution in [0.15, 0.2) is 0 Å². The van der Waals surface area contributed by atoms with Crippen molar-refractivity contribution in [2.24, 2.45) is 0 Å². The molecule has 0 spiro atoms. The molecule has 0 atom stereocenters. The Kier molecular flexibility index (Phi) is 19.7. The first-order chi connectivity index (χ1) is 13.8. The topological polar surface area (TPSA) is 182 Å². The van der Waals surface area contributed by atoms with E-state index in [2.05, 4.69) is 0 Å². The molecule has 0 bridgehead atoms. The molecule has 0 fully saturated rings. The maximum atomic E-state index is 11.8. The van der Waals surface area contributed by atoms with Gasteiger partial charge < -0.3 is 45.3 Å². The molecule has 6 N–H and O–H groups in total. The lowest BCUT2D eigenvalue weighted by molar-refractivity contribution is -0.141. The normalized spacial score (nSPS) is 10.0. The average Bonchev–Trinajstić information content (AvgIpc) is 2.67. The molecular formula is C17H35N3O9. The number of nitrogens with zero attached hydrogens (tertiary/aromatic N) is 3. The molecule has 3 amide bonds. The molecule has 0 heterocycles. The third-order valence-electron chi connectivity index (χ3n) is 3.67. The second-order valence-electron chi connectivity index (χ2n) is 5.79. The Labute approximate surface area is 170 Å². The highest BCUT2D eigenvalue weighted by Gasteiger charge is 2.20. The number of aliphatic hydroxyl groups excluding tert-OH is 6. The molecule has 0 unspecified atom stereocenters. The third-order valence-corrected chi connectivity index (χ3v) is 3.67. The minimum atomic E-state index is -0.506. The van der Waals surface area contributed by atoms with E-state index in [0.717, 1.165) is 0 Å². The summed E-state index contributed by atoms with van der Waals surface area (Å²) in [7, 11) is 0. The van der Waals surface area contributed by atoms with Crippen LogP contribution in [0, 0.1) is 0 Å². The number of hydrogen-bond donors (Lipinski definition) is 6. The van der Waals surface area contributed by atoms with E-state index >= 15 is 0 Å². The summed E-state index contributed by atoms with van der Waals surface area (Å²) in [5, 5.41) is 52.0. The molecule has 12 heteroatoms.